The third-order valence-electron chi connectivity index (χ3n) is 3.24. The molecule has 1 heterocycles. The summed E-state index contributed by atoms with van der Waals surface area (Å²) in [6.07, 6.45) is 0. The Balaban J connectivity index is 2.14. The van der Waals surface area contributed by atoms with Gasteiger partial charge in [0.25, 0.3) is 5.91 Å². The van der Waals surface area contributed by atoms with Gasteiger partial charge in [0.05, 0.1) is 11.4 Å². The van der Waals surface area contributed by atoms with Crippen LogP contribution in [0.5, 0.6) is 0 Å². The summed E-state index contributed by atoms with van der Waals surface area (Å²) in [5, 5.41) is 2.83. The minimum atomic E-state index is -0.137. The maximum atomic E-state index is 12.0. The Morgan fingerprint density at radius 2 is 1.84 bits per heavy atom. The van der Waals surface area contributed by atoms with Crippen LogP contribution in [0.15, 0.2) is 47.5 Å². The number of rotatable bonds is 1. The standard InChI is InChI=1S/C16H14N2O/c1-10-7-8-11(2)14(9-10)17-15-12-5-3-4-6-13(12)18-16(15)19/h3-9H,1-2H3,(H,17,18,19). The molecule has 1 N–H and O–H groups in total. The smallest absolute Gasteiger partial charge is 0.275 e. The maximum absolute atomic E-state index is 12.0. The number of carbonyl (C=O) groups is 1. The van der Waals surface area contributed by atoms with E-state index in [0.717, 1.165) is 28.1 Å². The summed E-state index contributed by atoms with van der Waals surface area (Å²) >= 11 is 0. The molecule has 3 rings (SSSR count). The molecule has 0 bridgehead atoms. The van der Waals surface area contributed by atoms with E-state index in [0.29, 0.717) is 5.71 Å². The van der Waals surface area contributed by atoms with Crippen molar-refractivity contribution in [1.29, 1.82) is 0 Å². The van der Waals surface area contributed by atoms with Crippen molar-refractivity contribution >= 4 is 23.0 Å². The molecule has 94 valence electrons. The highest BCUT2D eigenvalue weighted by Crippen LogP contribution is 2.27. The number of hydrogen-bond acceptors (Lipinski definition) is 2. The predicted octanol–water partition coefficient (Wildman–Crippen LogP) is 3.38. The topological polar surface area (TPSA) is 41.5 Å². The number of amides is 1. The second-order valence-electron chi connectivity index (χ2n) is 4.75. The lowest BCUT2D eigenvalue weighted by atomic mass is 10.1. The van der Waals surface area contributed by atoms with Crippen LogP contribution in [0, 0.1) is 13.8 Å². The van der Waals surface area contributed by atoms with E-state index in [2.05, 4.69) is 10.3 Å². The van der Waals surface area contributed by atoms with Crippen molar-refractivity contribution in [2.45, 2.75) is 13.8 Å². The fourth-order valence-corrected chi connectivity index (χ4v) is 2.17. The minimum Gasteiger partial charge on any atom is -0.320 e. The summed E-state index contributed by atoms with van der Waals surface area (Å²) in [6.45, 7) is 4.02. The lowest BCUT2D eigenvalue weighted by molar-refractivity contribution is -0.110. The molecule has 19 heavy (non-hydrogen) atoms. The van der Waals surface area contributed by atoms with Crippen LogP contribution in [-0.4, -0.2) is 11.6 Å². The molecule has 0 saturated carbocycles. The van der Waals surface area contributed by atoms with E-state index in [1.54, 1.807) is 0 Å². The van der Waals surface area contributed by atoms with E-state index in [1.165, 1.54) is 0 Å². The highest BCUT2D eigenvalue weighted by Gasteiger charge is 2.25. The van der Waals surface area contributed by atoms with E-state index in [4.69, 9.17) is 0 Å². The molecule has 0 unspecified atom stereocenters. The van der Waals surface area contributed by atoms with Crippen molar-refractivity contribution in [1.82, 2.24) is 0 Å². The normalized spacial score (nSPS) is 15.5. The third kappa shape index (κ3) is 2.03. The third-order valence-corrected chi connectivity index (χ3v) is 3.24. The van der Waals surface area contributed by atoms with Crippen LogP contribution in [0.4, 0.5) is 11.4 Å². The first-order valence-corrected chi connectivity index (χ1v) is 6.22. The summed E-state index contributed by atoms with van der Waals surface area (Å²) < 4.78 is 0. The van der Waals surface area contributed by atoms with Gasteiger partial charge in [-0.15, -0.1) is 0 Å². The van der Waals surface area contributed by atoms with Crippen molar-refractivity contribution < 1.29 is 4.79 Å². The first-order chi connectivity index (χ1) is 9.15. The number of nitrogens with zero attached hydrogens (tertiary/aromatic N) is 1. The van der Waals surface area contributed by atoms with Crippen molar-refractivity contribution in [3.63, 3.8) is 0 Å². The molecule has 3 heteroatoms. The number of aliphatic imine (C=N–C) groups is 1. The Bertz CT molecular complexity index is 702. The zero-order valence-corrected chi connectivity index (χ0v) is 10.9. The van der Waals surface area contributed by atoms with E-state index >= 15 is 0 Å². The molecule has 0 atom stereocenters. The van der Waals surface area contributed by atoms with Crippen LogP contribution in [0.2, 0.25) is 0 Å². The molecular formula is C16H14N2O. The van der Waals surface area contributed by atoms with Gasteiger partial charge in [-0.3, -0.25) is 4.79 Å². The van der Waals surface area contributed by atoms with Crippen molar-refractivity contribution in [2.24, 2.45) is 4.99 Å². The largest absolute Gasteiger partial charge is 0.320 e. The molecule has 0 spiro atoms. The maximum Gasteiger partial charge on any atom is 0.275 e. The number of fused-ring (bicyclic) bond motifs is 1. The first kappa shape index (κ1) is 11.7. The van der Waals surface area contributed by atoms with Gasteiger partial charge in [-0.25, -0.2) is 4.99 Å². The zero-order valence-electron chi connectivity index (χ0n) is 10.9. The highest BCUT2D eigenvalue weighted by molar-refractivity contribution is 6.54. The van der Waals surface area contributed by atoms with E-state index in [1.807, 2.05) is 56.3 Å². The molecule has 2 aromatic rings. The van der Waals surface area contributed by atoms with Crippen molar-refractivity contribution in [3.05, 3.63) is 59.2 Å². The second kappa shape index (κ2) is 4.35. The Kier molecular flexibility index (Phi) is 2.67. The van der Waals surface area contributed by atoms with Crippen LogP contribution < -0.4 is 5.32 Å². The Morgan fingerprint density at radius 1 is 1.05 bits per heavy atom. The van der Waals surface area contributed by atoms with Gasteiger partial charge in [0.1, 0.15) is 5.71 Å². The summed E-state index contributed by atoms with van der Waals surface area (Å²) in [4.78, 5) is 16.5. The van der Waals surface area contributed by atoms with Crippen molar-refractivity contribution in [2.75, 3.05) is 5.32 Å². The van der Waals surface area contributed by atoms with Crippen LogP contribution in [0.25, 0.3) is 0 Å². The van der Waals surface area contributed by atoms with Gasteiger partial charge >= 0.3 is 0 Å². The quantitative estimate of drug-likeness (QED) is 0.828. The van der Waals surface area contributed by atoms with E-state index < -0.39 is 0 Å². The number of para-hydroxylation sites is 1. The molecule has 2 aromatic carbocycles. The number of hydrogen-bond donors (Lipinski definition) is 1. The molecule has 0 fully saturated rings. The predicted molar refractivity (Wildman–Crippen MR) is 77.2 cm³/mol. The highest BCUT2D eigenvalue weighted by atomic mass is 16.2. The van der Waals surface area contributed by atoms with Gasteiger partial charge < -0.3 is 5.32 Å². The summed E-state index contributed by atoms with van der Waals surface area (Å²) in [5.74, 6) is -0.137. The van der Waals surface area contributed by atoms with Crippen molar-refractivity contribution in [3.8, 4) is 0 Å². The lowest BCUT2D eigenvalue weighted by Crippen LogP contribution is -2.14. The molecule has 0 radical (unpaired) electrons. The molecule has 1 aliphatic rings. The van der Waals surface area contributed by atoms with Gasteiger partial charge in [0, 0.05) is 5.56 Å². The monoisotopic (exact) mass is 250 g/mol. The fourth-order valence-electron chi connectivity index (χ4n) is 2.17. The SMILES string of the molecule is Cc1ccc(C)c(N=C2C(=O)Nc3ccccc32)c1. The fraction of sp³-hybridized carbons (Fsp3) is 0.125. The molecule has 0 aromatic heterocycles. The van der Waals surface area contributed by atoms with Crippen LogP contribution in [-0.2, 0) is 4.79 Å². The lowest BCUT2D eigenvalue weighted by Gasteiger charge is -2.03. The van der Waals surface area contributed by atoms with Gasteiger partial charge in [-0.05, 0) is 37.1 Å². The molecular weight excluding hydrogens is 236 g/mol. The average molecular weight is 250 g/mol. The first-order valence-electron chi connectivity index (χ1n) is 6.22. The summed E-state index contributed by atoms with van der Waals surface area (Å²) in [5.41, 5.74) is 5.24. The van der Waals surface area contributed by atoms with Crippen LogP contribution in [0.1, 0.15) is 16.7 Å². The number of anilines is 1. The molecule has 3 nitrogen and oxygen atoms in total. The van der Waals surface area contributed by atoms with Gasteiger partial charge in [0.15, 0.2) is 0 Å². The van der Waals surface area contributed by atoms with Gasteiger partial charge in [0.2, 0.25) is 0 Å². The molecule has 1 amide bonds. The molecule has 0 aliphatic carbocycles. The number of benzene rings is 2. The van der Waals surface area contributed by atoms with Crippen LogP contribution in [0.3, 0.4) is 0 Å². The minimum absolute atomic E-state index is 0.137. The molecule has 1 aliphatic heterocycles. The summed E-state index contributed by atoms with van der Waals surface area (Å²) in [6, 6.07) is 13.7. The Labute approximate surface area is 112 Å². The van der Waals surface area contributed by atoms with E-state index in [-0.39, 0.29) is 5.91 Å². The average Bonchev–Trinajstić information content (AvgIpc) is 2.71. The van der Waals surface area contributed by atoms with Gasteiger partial charge in [-0.2, -0.15) is 0 Å². The Morgan fingerprint density at radius 3 is 2.68 bits per heavy atom. The van der Waals surface area contributed by atoms with Gasteiger partial charge in [-0.1, -0.05) is 30.3 Å². The number of nitrogens with one attached hydrogen (secondary N) is 1. The molecule has 0 saturated heterocycles. The summed E-state index contributed by atoms with van der Waals surface area (Å²) in [7, 11) is 0. The van der Waals surface area contributed by atoms with E-state index in [9.17, 15) is 4.79 Å². The van der Waals surface area contributed by atoms with Crippen LogP contribution >= 0.6 is 0 Å². The number of aryl methyl sites for hydroxylation is 2. The number of carbonyl (C=O) groups excluding carboxylic acids is 1. The second-order valence-corrected chi connectivity index (χ2v) is 4.75. The zero-order chi connectivity index (χ0) is 13.4. The Hall–Kier alpha value is -2.42.